The van der Waals surface area contributed by atoms with E-state index in [2.05, 4.69) is 26.9 Å². The summed E-state index contributed by atoms with van der Waals surface area (Å²) in [6.45, 7) is 2.14. The first kappa shape index (κ1) is 9.71. The maximum Gasteiger partial charge on any atom is 0.226 e. The van der Waals surface area contributed by atoms with E-state index in [1.807, 2.05) is 0 Å². The average Bonchev–Trinajstić information content (AvgIpc) is 2.03. The predicted octanol–water partition coefficient (Wildman–Crippen LogP) is -0.640. The highest BCUT2D eigenvalue weighted by atomic mass is 28.2. The summed E-state index contributed by atoms with van der Waals surface area (Å²) in [6, 6.07) is 1.20. The van der Waals surface area contributed by atoms with Crippen molar-refractivity contribution in [1.82, 2.24) is 15.0 Å². The molecular formula is C6H14N6Si. The highest BCUT2D eigenvalue weighted by Gasteiger charge is 1.99. The average molecular weight is 198 g/mol. The molecule has 7 heteroatoms. The molecule has 0 atom stereocenters. The summed E-state index contributed by atoms with van der Waals surface area (Å²) in [5.74, 6) is 0.839. The third-order valence-corrected chi connectivity index (χ3v) is 3.11. The van der Waals surface area contributed by atoms with Crippen LogP contribution in [0.3, 0.4) is 0 Å². The van der Waals surface area contributed by atoms with Crippen LogP contribution < -0.4 is 16.4 Å². The van der Waals surface area contributed by atoms with Gasteiger partial charge in [0, 0.05) is 0 Å². The summed E-state index contributed by atoms with van der Waals surface area (Å²) >= 11 is 0. The molecule has 0 aliphatic rings. The van der Waals surface area contributed by atoms with Gasteiger partial charge in [0.15, 0.2) is 0 Å². The smallest absolute Gasteiger partial charge is 0.226 e. The number of nitrogens with two attached hydrogens (primary N) is 2. The minimum Gasteiger partial charge on any atom is -0.386 e. The Morgan fingerprint density at radius 3 is 2.38 bits per heavy atom. The standard InChI is InChI=1S/C6H14N6Si/c1-2-3-13-12-6-10-4(7)9-5(8)11-6/h2-3,13H2,1H3,(H5,7,8,9,10,11,12). The van der Waals surface area contributed by atoms with Crippen LogP contribution in [-0.2, 0) is 0 Å². The number of aromatic nitrogens is 3. The number of hydrogen-bond acceptors (Lipinski definition) is 6. The summed E-state index contributed by atoms with van der Waals surface area (Å²) in [5, 5.41) is 0. The summed E-state index contributed by atoms with van der Waals surface area (Å²) in [7, 11) is -0.333. The van der Waals surface area contributed by atoms with E-state index in [9.17, 15) is 0 Å². The van der Waals surface area contributed by atoms with Gasteiger partial charge in [-0.1, -0.05) is 13.3 Å². The second-order valence-corrected chi connectivity index (χ2v) is 4.22. The maximum atomic E-state index is 5.40. The molecule has 1 aromatic heterocycles. The molecule has 13 heavy (non-hydrogen) atoms. The fourth-order valence-corrected chi connectivity index (χ4v) is 1.78. The number of rotatable bonds is 4. The van der Waals surface area contributed by atoms with Crippen molar-refractivity contribution in [2.75, 3.05) is 16.4 Å². The van der Waals surface area contributed by atoms with Gasteiger partial charge >= 0.3 is 0 Å². The molecule has 5 N–H and O–H groups in total. The highest BCUT2D eigenvalue weighted by Crippen LogP contribution is 2.02. The zero-order valence-electron chi connectivity index (χ0n) is 7.62. The summed E-state index contributed by atoms with van der Waals surface area (Å²) < 4.78 is 0. The van der Waals surface area contributed by atoms with Gasteiger partial charge in [-0.05, 0) is 6.04 Å². The van der Waals surface area contributed by atoms with E-state index in [-0.39, 0.29) is 21.6 Å². The molecule has 0 aliphatic carbocycles. The van der Waals surface area contributed by atoms with E-state index < -0.39 is 0 Å². The first-order valence-electron chi connectivity index (χ1n) is 4.23. The van der Waals surface area contributed by atoms with Crippen molar-refractivity contribution >= 4 is 27.5 Å². The van der Waals surface area contributed by atoms with Crippen LogP contribution in [0.1, 0.15) is 13.3 Å². The molecule has 1 rings (SSSR count). The monoisotopic (exact) mass is 198 g/mol. The molecule has 72 valence electrons. The maximum absolute atomic E-state index is 5.40. The van der Waals surface area contributed by atoms with E-state index in [4.69, 9.17) is 11.5 Å². The third-order valence-electron chi connectivity index (χ3n) is 1.48. The van der Waals surface area contributed by atoms with E-state index in [1.165, 1.54) is 12.5 Å². The molecule has 1 heterocycles. The summed E-state index contributed by atoms with van der Waals surface area (Å²) in [4.78, 5) is 14.6. The molecule has 0 saturated carbocycles. The first-order chi connectivity index (χ1) is 6.22. The van der Waals surface area contributed by atoms with Crippen molar-refractivity contribution in [1.29, 1.82) is 0 Å². The molecule has 0 fully saturated rings. The van der Waals surface area contributed by atoms with Crippen molar-refractivity contribution in [2.45, 2.75) is 19.4 Å². The Bertz CT molecular complexity index is 258. The molecule has 0 amide bonds. The molecule has 0 bridgehead atoms. The number of nitrogen functional groups attached to an aromatic ring is 2. The Kier molecular flexibility index (Phi) is 3.44. The van der Waals surface area contributed by atoms with E-state index in [1.54, 1.807) is 0 Å². The molecule has 6 nitrogen and oxygen atoms in total. The fraction of sp³-hybridized carbons (Fsp3) is 0.500. The number of nitrogens with zero attached hydrogens (tertiary/aromatic N) is 3. The Morgan fingerprint density at radius 2 is 1.85 bits per heavy atom. The molecule has 0 radical (unpaired) electrons. The number of hydrogen-bond donors (Lipinski definition) is 3. The Labute approximate surface area is 79.1 Å². The van der Waals surface area contributed by atoms with Crippen molar-refractivity contribution in [3.8, 4) is 0 Å². The van der Waals surface area contributed by atoms with Gasteiger partial charge in [-0.25, -0.2) is 0 Å². The second kappa shape index (κ2) is 4.60. The van der Waals surface area contributed by atoms with Gasteiger partial charge < -0.3 is 16.4 Å². The van der Waals surface area contributed by atoms with Crippen LogP contribution >= 0.6 is 0 Å². The van der Waals surface area contributed by atoms with Crippen molar-refractivity contribution in [3.05, 3.63) is 0 Å². The predicted molar refractivity (Wildman–Crippen MR) is 55.9 cm³/mol. The van der Waals surface area contributed by atoms with Gasteiger partial charge in [-0.3, -0.25) is 0 Å². The van der Waals surface area contributed by atoms with E-state index >= 15 is 0 Å². The molecule has 0 spiro atoms. The quantitative estimate of drug-likeness (QED) is 0.439. The summed E-state index contributed by atoms with van der Waals surface area (Å²) in [5.41, 5.74) is 10.8. The lowest BCUT2D eigenvalue weighted by Crippen LogP contribution is -2.12. The van der Waals surface area contributed by atoms with Gasteiger partial charge in [0.25, 0.3) is 0 Å². The van der Waals surface area contributed by atoms with Crippen molar-refractivity contribution in [3.63, 3.8) is 0 Å². The molecular weight excluding hydrogens is 184 g/mol. The lowest BCUT2D eigenvalue weighted by molar-refractivity contribution is 1.06. The number of nitrogens with one attached hydrogen (secondary N) is 1. The van der Waals surface area contributed by atoms with Gasteiger partial charge in [0.05, 0.1) is 0 Å². The van der Waals surface area contributed by atoms with Crippen LogP contribution in [-0.4, -0.2) is 24.6 Å². The largest absolute Gasteiger partial charge is 0.386 e. The van der Waals surface area contributed by atoms with Gasteiger partial charge in [0.2, 0.25) is 17.8 Å². The third kappa shape index (κ3) is 3.24. The molecule has 0 aliphatic heterocycles. The van der Waals surface area contributed by atoms with Crippen molar-refractivity contribution in [2.24, 2.45) is 0 Å². The van der Waals surface area contributed by atoms with Gasteiger partial charge in [-0.15, -0.1) is 0 Å². The van der Waals surface area contributed by atoms with E-state index in [0.717, 1.165) is 0 Å². The zero-order valence-corrected chi connectivity index (χ0v) is 9.03. The lowest BCUT2D eigenvalue weighted by atomic mass is 10.6. The zero-order chi connectivity index (χ0) is 9.68. The van der Waals surface area contributed by atoms with Gasteiger partial charge in [0.1, 0.15) is 9.68 Å². The van der Waals surface area contributed by atoms with Crippen LogP contribution in [0.2, 0.25) is 6.04 Å². The lowest BCUT2D eigenvalue weighted by Gasteiger charge is -2.03. The van der Waals surface area contributed by atoms with Crippen LogP contribution in [0.5, 0.6) is 0 Å². The minimum absolute atomic E-state index is 0.167. The Hall–Kier alpha value is -1.37. The topological polar surface area (TPSA) is 103 Å². The molecule has 0 saturated heterocycles. The SMILES string of the molecule is CCC[SiH2]Nc1nc(N)nc(N)n1. The Balaban J connectivity index is 2.56. The molecule has 0 aromatic carbocycles. The van der Waals surface area contributed by atoms with Crippen LogP contribution in [0.4, 0.5) is 17.8 Å². The first-order valence-corrected chi connectivity index (χ1v) is 5.94. The molecule has 0 unspecified atom stereocenters. The van der Waals surface area contributed by atoms with Crippen LogP contribution in [0.25, 0.3) is 0 Å². The fourth-order valence-electron chi connectivity index (χ4n) is 0.865. The Morgan fingerprint density at radius 1 is 1.23 bits per heavy atom. The molecule has 1 aromatic rings. The minimum atomic E-state index is -0.333. The van der Waals surface area contributed by atoms with Crippen LogP contribution in [0, 0.1) is 0 Å². The normalized spacial score (nSPS) is 10.8. The van der Waals surface area contributed by atoms with E-state index in [0.29, 0.717) is 5.95 Å². The van der Waals surface area contributed by atoms with Crippen molar-refractivity contribution < 1.29 is 0 Å². The highest BCUT2D eigenvalue weighted by molar-refractivity contribution is 6.39. The summed E-state index contributed by atoms with van der Waals surface area (Å²) in [6.07, 6.45) is 1.18. The second-order valence-electron chi connectivity index (χ2n) is 2.66. The number of anilines is 3. The van der Waals surface area contributed by atoms with Crippen LogP contribution in [0.15, 0.2) is 0 Å². The van der Waals surface area contributed by atoms with Gasteiger partial charge in [-0.2, -0.15) is 15.0 Å².